The van der Waals surface area contributed by atoms with Gasteiger partial charge in [-0.05, 0) is 37.6 Å². The SMILES string of the molecule is Cc1cc(NC(=O)Oc2c(C)noc2C(C)C)ccc1F. The Bertz CT molecular complexity index is 665. The molecule has 5 nitrogen and oxygen atoms in total. The lowest BCUT2D eigenvalue weighted by atomic mass is 10.1. The molecule has 0 unspecified atom stereocenters. The number of anilines is 1. The van der Waals surface area contributed by atoms with E-state index < -0.39 is 6.09 Å². The maximum absolute atomic E-state index is 13.2. The molecule has 0 aliphatic carbocycles. The number of halogens is 1. The zero-order chi connectivity index (χ0) is 15.6. The van der Waals surface area contributed by atoms with E-state index in [9.17, 15) is 9.18 Å². The summed E-state index contributed by atoms with van der Waals surface area (Å²) < 4.78 is 23.6. The molecule has 0 aliphatic heterocycles. The fourth-order valence-electron chi connectivity index (χ4n) is 1.83. The number of carbonyl (C=O) groups is 1. The van der Waals surface area contributed by atoms with E-state index in [1.807, 2.05) is 13.8 Å². The molecule has 2 rings (SSSR count). The number of ether oxygens (including phenoxy) is 1. The molecule has 112 valence electrons. The third-order valence-electron chi connectivity index (χ3n) is 2.96. The van der Waals surface area contributed by atoms with Gasteiger partial charge in [-0.2, -0.15) is 0 Å². The van der Waals surface area contributed by atoms with Crippen LogP contribution in [0.1, 0.15) is 36.8 Å². The number of hydrogen-bond donors (Lipinski definition) is 1. The molecule has 21 heavy (non-hydrogen) atoms. The van der Waals surface area contributed by atoms with Crippen LogP contribution in [-0.4, -0.2) is 11.2 Å². The molecule has 1 aromatic carbocycles. The summed E-state index contributed by atoms with van der Waals surface area (Å²) in [5, 5.41) is 6.34. The monoisotopic (exact) mass is 292 g/mol. The van der Waals surface area contributed by atoms with Gasteiger partial charge < -0.3 is 9.26 Å². The summed E-state index contributed by atoms with van der Waals surface area (Å²) in [5.74, 6) is 0.548. The van der Waals surface area contributed by atoms with Crippen molar-refractivity contribution in [3.05, 3.63) is 41.0 Å². The van der Waals surface area contributed by atoms with Crippen LogP contribution >= 0.6 is 0 Å². The van der Waals surface area contributed by atoms with Gasteiger partial charge in [-0.25, -0.2) is 9.18 Å². The van der Waals surface area contributed by atoms with Crippen molar-refractivity contribution in [3.8, 4) is 5.75 Å². The molecule has 0 spiro atoms. The van der Waals surface area contributed by atoms with E-state index in [4.69, 9.17) is 9.26 Å². The van der Waals surface area contributed by atoms with Gasteiger partial charge in [0, 0.05) is 11.6 Å². The lowest BCUT2D eigenvalue weighted by Crippen LogP contribution is -2.17. The first-order chi connectivity index (χ1) is 9.88. The number of aryl methyl sites for hydroxylation is 2. The second-order valence-electron chi connectivity index (χ2n) is 5.09. The number of nitrogens with zero attached hydrogens (tertiary/aromatic N) is 1. The van der Waals surface area contributed by atoms with Crippen molar-refractivity contribution in [2.75, 3.05) is 5.32 Å². The van der Waals surface area contributed by atoms with Crippen LogP contribution in [0.3, 0.4) is 0 Å². The van der Waals surface area contributed by atoms with Crippen LogP contribution in [-0.2, 0) is 0 Å². The van der Waals surface area contributed by atoms with Gasteiger partial charge in [0.2, 0.25) is 0 Å². The molecule has 2 aromatic rings. The van der Waals surface area contributed by atoms with Gasteiger partial charge in [-0.3, -0.25) is 5.32 Å². The predicted molar refractivity (Wildman–Crippen MR) is 76.1 cm³/mol. The molecule has 0 saturated carbocycles. The third-order valence-corrected chi connectivity index (χ3v) is 2.96. The molecule has 0 atom stereocenters. The van der Waals surface area contributed by atoms with E-state index in [0.717, 1.165) is 0 Å². The minimum atomic E-state index is -0.672. The van der Waals surface area contributed by atoms with Gasteiger partial charge in [0.1, 0.15) is 11.5 Å². The Kier molecular flexibility index (Phi) is 4.26. The highest BCUT2D eigenvalue weighted by Crippen LogP contribution is 2.29. The highest BCUT2D eigenvalue weighted by molar-refractivity contribution is 5.86. The van der Waals surface area contributed by atoms with Crippen molar-refractivity contribution in [1.29, 1.82) is 0 Å². The topological polar surface area (TPSA) is 64.4 Å². The molecule has 0 radical (unpaired) electrons. The van der Waals surface area contributed by atoms with Crippen molar-refractivity contribution >= 4 is 11.8 Å². The van der Waals surface area contributed by atoms with Crippen molar-refractivity contribution < 1.29 is 18.4 Å². The first-order valence-electron chi connectivity index (χ1n) is 6.59. The zero-order valence-electron chi connectivity index (χ0n) is 12.4. The van der Waals surface area contributed by atoms with Crippen LogP contribution < -0.4 is 10.1 Å². The maximum Gasteiger partial charge on any atom is 0.417 e. The van der Waals surface area contributed by atoms with E-state index >= 15 is 0 Å². The van der Waals surface area contributed by atoms with Crippen LogP contribution in [0, 0.1) is 19.7 Å². The predicted octanol–water partition coefficient (Wildman–Crippen LogP) is 4.16. The summed E-state index contributed by atoms with van der Waals surface area (Å²) in [7, 11) is 0. The fourth-order valence-corrected chi connectivity index (χ4v) is 1.83. The van der Waals surface area contributed by atoms with Crippen molar-refractivity contribution in [3.63, 3.8) is 0 Å². The molecule has 0 fully saturated rings. The van der Waals surface area contributed by atoms with Crippen LogP contribution in [0.2, 0.25) is 0 Å². The Balaban J connectivity index is 2.11. The van der Waals surface area contributed by atoms with Gasteiger partial charge in [0.15, 0.2) is 11.5 Å². The Labute approximate surface area is 122 Å². The number of nitrogens with one attached hydrogen (secondary N) is 1. The largest absolute Gasteiger partial charge is 0.417 e. The lowest BCUT2D eigenvalue weighted by Gasteiger charge is -2.08. The second-order valence-corrected chi connectivity index (χ2v) is 5.09. The summed E-state index contributed by atoms with van der Waals surface area (Å²) in [5.41, 5.74) is 1.40. The number of carbonyl (C=O) groups excluding carboxylic acids is 1. The average Bonchev–Trinajstić information content (AvgIpc) is 2.76. The van der Waals surface area contributed by atoms with E-state index in [1.165, 1.54) is 18.2 Å². The standard InChI is InChI=1S/C15H17FN2O3/c1-8(2)13-14(10(4)18-21-13)20-15(19)17-11-5-6-12(16)9(3)7-11/h5-8H,1-4H3,(H,17,19). The molecule has 1 amide bonds. The smallest absolute Gasteiger partial charge is 0.404 e. The highest BCUT2D eigenvalue weighted by Gasteiger charge is 2.20. The summed E-state index contributed by atoms with van der Waals surface area (Å²) in [6, 6.07) is 4.28. The zero-order valence-corrected chi connectivity index (χ0v) is 12.4. The summed E-state index contributed by atoms with van der Waals surface area (Å²) in [6.07, 6.45) is -0.672. The molecule has 0 bridgehead atoms. The lowest BCUT2D eigenvalue weighted by molar-refractivity contribution is 0.213. The highest BCUT2D eigenvalue weighted by atomic mass is 19.1. The van der Waals surface area contributed by atoms with Crippen molar-refractivity contribution in [2.24, 2.45) is 0 Å². The molecule has 6 heteroatoms. The number of amides is 1. The molecule has 1 heterocycles. The minimum absolute atomic E-state index is 0.0436. The molecule has 0 aliphatic rings. The second kappa shape index (κ2) is 5.95. The van der Waals surface area contributed by atoms with Crippen LogP contribution in [0.4, 0.5) is 14.9 Å². The molecular formula is C15H17FN2O3. The molecular weight excluding hydrogens is 275 g/mol. The van der Waals surface area contributed by atoms with E-state index in [1.54, 1.807) is 13.8 Å². The fraction of sp³-hybridized carbons (Fsp3) is 0.333. The summed E-state index contributed by atoms with van der Waals surface area (Å²) in [6.45, 7) is 7.13. The Morgan fingerprint density at radius 3 is 2.71 bits per heavy atom. The van der Waals surface area contributed by atoms with Crippen LogP contribution in [0.5, 0.6) is 5.75 Å². The van der Waals surface area contributed by atoms with Crippen molar-refractivity contribution in [2.45, 2.75) is 33.6 Å². The molecule has 1 aromatic heterocycles. The Morgan fingerprint density at radius 1 is 1.38 bits per heavy atom. The van der Waals surface area contributed by atoms with Gasteiger partial charge in [0.05, 0.1) is 0 Å². The third kappa shape index (κ3) is 3.39. The number of rotatable bonds is 3. The van der Waals surface area contributed by atoms with Crippen LogP contribution in [0.25, 0.3) is 0 Å². The van der Waals surface area contributed by atoms with E-state index in [0.29, 0.717) is 28.5 Å². The molecule has 1 N–H and O–H groups in total. The number of aromatic nitrogens is 1. The summed E-state index contributed by atoms with van der Waals surface area (Å²) in [4.78, 5) is 11.9. The van der Waals surface area contributed by atoms with Gasteiger partial charge in [-0.15, -0.1) is 0 Å². The maximum atomic E-state index is 13.2. The van der Waals surface area contributed by atoms with Gasteiger partial charge >= 0.3 is 6.09 Å². The average molecular weight is 292 g/mol. The first kappa shape index (κ1) is 15.0. The quantitative estimate of drug-likeness (QED) is 0.922. The normalized spacial score (nSPS) is 10.8. The minimum Gasteiger partial charge on any atom is -0.404 e. The van der Waals surface area contributed by atoms with Gasteiger partial charge in [-0.1, -0.05) is 19.0 Å². The molecule has 0 saturated heterocycles. The first-order valence-corrected chi connectivity index (χ1v) is 6.59. The number of hydrogen-bond acceptors (Lipinski definition) is 4. The number of benzene rings is 1. The van der Waals surface area contributed by atoms with Crippen molar-refractivity contribution in [1.82, 2.24) is 5.16 Å². The van der Waals surface area contributed by atoms with E-state index in [-0.39, 0.29) is 11.7 Å². The van der Waals surface area contributed by atoms with Crippen LogP contribution in [0.15, 0.2) is 22.7 Å². The van der Waals surface area contributed by atoms with E-state index in [2.05, 4.69) is 10.5 Å². The Hall–Kier alpha value is -2.37. The Morgan fingerprint density at radius 2 is 2.10 bits per heavy atom. The van der Waals surface area contributed by atoms with Gasteiger partial charge in [0.25, 0.3) is 0 Å². The summed E-state index contributed by atoms with van der Waals surface area (Å²) >= 11 is 0.